The maximum atomic E-state index is 10.9. The van der Waals surface area contributed by atoms with Crippen LogP contribution in [-0.4, -0.2) is 35.7 Å². The van der Waals surface area contributed by atoms with Crippen LogP contribution in [0.2, 0.25) is 0 Å². The second kappa shape index (κ2) is 6.17. The molecule has 1 saturated heterocycles. The highest BCUT2D eigenvalue weighted by Gasteiger charge is 2.26. The van der Waals surface area contributed by atoms with Crippen LogP contribution >= 0.6 is 0 Å². The molecule has 6 nitrogen and oxygen atoms in total. The van der Waals surface area contributed by atoms with Crippen LogP contribution in [0.5, 0.6) is 0 Å². The Kier molecular flexibility index (Phi) is 4.54. The molecule has 0 aromatic carbocycles. The molecule has 1 atom stereocenters. The van der Waals surface area contributed by atoms with Gasteiger partial charge in [-0.15, -0.1) is 0 Å². The molecule has 0 radical (unpaired) electrons. The van der Waals surface area contributed by atoms with E-state index in [4.69, 9.17) is 4.74 Å². The lowest BCUT2D eigenvalue weighted by Gasteiger charge is -2.37. The van der Waals surface area contributed by atoms with Crippen LogP contribution < -0.4 is 4.90 Å². The van der Waals surface area contributed by atoms with Gasteiger partial charge in [-0.2, -0.15) is 0 Å². The van der Waals surface area contributed by atoms with E-state index >= 15 is 0 Å². The van der Waals surface area contributed by atoms with E-state index in [0.29, 0.717) is 24.7 Å². The quantitative estimate of drug-likeness (QED) is 0.626. The SMILES string of the molecule is Cc1cc(N2CCOCC2CC(C)C)ncc1[N+](=O)[O-]. The van der Waals surface area contributed by atoms with Crippen molar-refractivity contribution in [1.29, 1.82) is 0 Å². The van der Waals surface area contributed by atoms with Crippen LogP contribution in [0.4, 0.5) is 11.5 Å². The molecule has 0 amide bonds. The summed E-state index contributed by atoms with van der Waals surface area (Å²) in [5.74, 6) is 1.38. The van der Waals surface area contributed by atoms with Gasteiger partial charge in [0.2, 0.25) is 0 Å². The van der Waals surface area contributed by atoms with Crippen LogP contribution in [0.3, 0.4) is 0 Å². The summed E-state index contributed by atoms with van der Waals surface area (Å²) in [5, 5.41) is 10.9. The Balaban J connectivity index is 2.23. The van der Waals surface area contributed by atoms with E-state index in [0.717, 1.165) is 18.8 Å². The van der Waals surface area contributed by atoms with Crippen molar-refractivity contribution in [3.63, 3.8) is 0 Å². The fourth-order valence-electron chi connectivity index (χ4n) is 2.58. The number of rotatable bonds is 4. The average Bonchev–Trinajstić information content (AvgIpc) is 2.38. The number of hydrogen-bond donors (Lipinski definition) is 0. The van der Waals surface area contributed by atoms with Crippen molar-refractivity contribution in [2.75, 3.05) is 24.7 Å². The lowest BCUT2D eigenvalue weighted by molar-refractivity contribution is -0.385. The number of aryl methyl sites for hydroxylation is 1. The largest absolute Gasteiger partial charge is 0.377 e. The van der Waals surface area contributed by atoms with Crippen LogP contribution in [0.1, 0.15) is 25.8 Å². The average molecular weight is 279 g/mol. The molecule has 1 aromatic rings. The predicted octanol–water partition coefficient (Wildman–Crippen LogP) is 2.55. The van der Waals surface area contributed by atoms with Crippen molar-refractivity contribution in [2.24, 2.45) is 5.92 Å². The van der Waals surface area contributed by atoms with Gasteiger partial charge in [0.25, 0.3) is 5.69 Å². The van der Waals surface area contributed by atoms with Crippen molar-refractivity contribution in [3.8, 4) is 0 Å². The number of pyridine rings is 1. The second-order valence-corrected chi connectivity index (χ2v) is 5.64. The Bertz CT molecular complexity index is 491. The number of anilines is 1. The fraction of sp³-hybridized carbons (Fsp3) is 0.643. The Morgan fingerprint density at radius 2 is 2.35 bits per heavy atom. The minimum absolute atomic E-state index is 0.0717. The first kappa shape index (κ1) is 14.7. The maximum absolute atomic E-state index is 10.9. The number of ether oxygens (including phenoxy) is 1. The molecule has 1 unspecified atom stereocenters. The molecule has 0 saturated carbocycles. The molecule has 0 bridgehead atoms. The van der Waals surface area contributed by atoms with Gasteiger partial charge >= 0.3 is 0 Å². The lowest BCUT2D eigenvalue weighted by atomic mass is 10.0. The van der Waals surface area contributed by atoms with Crippen molar-refractivity contribution >= 4 is 11.5 Å². The first-order valence-electron chi connectivity index (χ1n) is 6.94. The van der Waals surface area contributed by atoms with Crippen molar-refractivity contribution in [1.82, 2.24) is 4.98 Å². The van der Waals surface area contributed by atoms with Gasteiger partial charge in [-0.25, -0.2) is 4.98 Å². The Hall–Kier alpha value is -1.69. The highest BCUT2D eigenvalue weighted by molar-refractivity contribution is 5.49. The monoisotopic (exact) mass is 279 g/mol. The van der Waals surface area contributed by atoms with Crippen LogP contribution in [0, 0.1) is 23.0 Å². The third kappa shape index (κ3) is 3.25. The third-order valence-electron chi connectivity index (χ3n) is 3.53. The Morgan fingerprint density at radius 1 is 1.60 bits per heavy atom. The predicted molar refractivity (Wildman–Crippen MR) is 77.0 cm³/mol. The summed E-state index contributed by atoms with van der Waals surface area (Å²) in [7, 11) is 0. The molecule has 1 fully saturated rings. The summed E-state index contributed by atoms with van der Waals surface area (Å²) in [5.41, 5.74) is 0.720. The lowest BCUT2D eigenvalue weighted by Crippen LogP contribution is -2.46. The van der Waals surface area contributed by atoms with E-state index in [2.05, 4.69) is 23.7 Å². The molecule has 6 heteroatoms. The van der Waals surface area contributed by atoms with Crippen LogP contribution in [0.15, 0.2) is 12.3 Å². The first-order chi connectivity index (χ1) is 9.49. The van der Waals surface area contributed by atoms with Crippen molar-refractivity contribution in [3.05, 3.63) is 27.9 Å². The molecular weight excluding hydrogens is 258 g/mol. The van der Waals surface area contributed by atoms with Crippen molar-refractivity contribution in [2.45, 2.75) is 33.2 Å². The molecule has 2 heterocycles. The molecule has 2 rings (SSSR count). The van der Waals surface area contributed by atoms with Gasteiger partial charge in [0.05, 0.1) is 24.2 Å². The zero-order chi connectivity index (χ0) is 14.7. The Morgan fingerprint density at radius 3 is 2.95 bits per heavy atom. The van der Waals surface area contributed by atoms with Crippen LogP contribution in [-0.2, 0) is 4.74 Å². The number of aromatic nitrogens is 1. The van der Waals surface area contributed by atoms with Gasteiger partial charge in [0, 0.05) is 12.1 Å². The van der Waals surface area contributed by atoms with Gasteiger partial charge in [0.15, 0.2) is 0 Å². The zero-order valence-electron chi connectivity index (χ0n) is 12.2. The minimum Gasteiger partial charge on any atom is -0.377 e. The van der Waals surface area contributed by atoms with E-state index in [1.807, 2.05) is 0 Å². The molecule has 1 aromatic heterocycles. The van der Waals surface area contributed by atoms with E-state index in [-0.39, 0.29) is 11.7 Å². The van der Waals surface area contributed by atoms with Crippen LogP contribution in [0.25, 0.3) is 0 Å². The van der Waals surface area contributed by atoms with E-state index < -0.39 is 4.92 Å². The molecule has 1 aliphatic rings. The normalized spacial score (nSPS) is 19.4. The molecule has 0 N–H and O–H groups in total. The summed E-state index contributed by atoms with van der Waals surface area (Å²) in [4.78, 5) is 16.9. The summed E-state index contributed by atoms with van der Waals surface area (Å²) in [6.45, 7) is 8.26. The van der Waals surface area contributed by atoms with E-state index in [1.54, 1.807) is 13.0 Å². The van der Waals surface area contributed by atoms with Gasteiger partial charge < -0.3 is 9.64 Å². The number of nitro groups is 1. The third-order valence-corrected chi connectivity index (χ3v) is 3.53. The number of morpholine rings is 1. The Labute approximate surface area is 118 Å². The number of hydrogen-bond acceptors (Lipinski definition) is 5. The van der Waals surface area contributed by atoms with Gasteiger partial charge in [-0.1, -0.05) is 13.8 Å². The summed E-state index contributed by atoms with van der Waals surface area (Å²) in [6.07, 6.45) is 2.38. The smallest absolute Gasteiger partial charge is 0.290 e. The highest BCUT2D eigenvalue weighted by atomic mass is 16.6. The maximum Gasteiger partial charge on any atom is 0.290 e. The molecule has 0 spiro atoms. The van der Waals surface area contributed by atoms with E-state index in [9.17, 15) is 10.1 Å². The first-order valence-corrected chi connectivity index (χ1v) is 6.94. The second-order valence-electron chi connectivity index (χ2n) is 5.64. The molecule has 20 heavy (non-hydrogen) atoms. The molecule has 0 aliphatic carbocycles. The standard InChI is InChI=1S/C14H21N3O3/c1-10(2)6-12-9-20-5-4-16(12)14-7-11(3)13(8-15-14)17(18)19/h7-8,10,12H,4-6,9H2,1-3H3. The summed E-state index contributed by atoms with van der Waals surface area (Å²) >= 11 is 0. The van der Waals surface area contributed by atoms with Gasteiger partial charge in [-0.3, -0.25) is 10.1 Å². The summed E-state index contributed by atoms with van der Waals surface area (Å²) in [6, 6.07) is 2.09. The van der Waals surface area contributed by atoms with Gasteiger partial charge in [-0.05, 0) is 25.3 Å². The highest BCUT2D eigenvalue weighted by Crippen LogP contribution is 2.25. The molecular formula is C14H21N3O3. The van der Waals surface area contributed by atoms with Crippen molar-refractivity contribution < 1.29 is 9.66 Å². The van der Waals surface area contributed by atoms with Gasteiger partial charge in [0.1, 0.15) is 12.0 Å². The molecule has 110 valence electrons. The summed E-state index contributed by atoms with van der Waals surface area (Å²) < 4.78 is 5.55. The minimum atomic E-state index is -0.392. The number of nitrogens with zero attached hydrogens (tertiary/aromatic N) is 3. The fourth-order valence-corrected chi connectivity index (χ4v) is 2.58. The topological polar surface area (TPSA) is 68.5 Å². The molecule has 1 aliphatic heterocycles. The zero-order valence-corrected chi connectivity index (χ0v) is 12.2. The van der Waals surface area contributed by atoms with E-state index in [1.165, 1.54) is 6.20 Å².